The van der Waals surface area contributed by atoms with Gasteiger partial charge in [0.15, 0.2) is 5.82 Å². The Hall–Kier alpha value is -7.15. The first-order valence-electron chi connectivity index (χ1n) is 17.5. The lowest BCUT2D eigenvalue weighted by molar-refractivity contribution is 1.18. The molecule has 3 nitrogen and oxygen atoms in total. The van der Waals surface area contributed by atoms with Crippen LogP contribution in [-0.4, -0.2) is 9.97 Å². The van der Waals surface area contributed by atoms with E-state index in [0.717, 1.165) is 61.1 Å². The van der Waals surface area contributed by atoms with Crippen molar-refractivity contribution in [1.82, 2.24) is 9.97 Å². The third kappa shape index (κ3) is 4.74. The van der Waals surface area contributed by atoms with Crippen LogP contribution in [0.3, 0.4) is 0 Å². The fourth-order valence-electron chi connectivity index (χ4n) is 7.89. The predicted molar refractivity (Wildman–Crippen MR) is 213 cm³/mol. The van der Waals surface area contributed by atoms with E-state index >= 15 is 0 Å². The molecule has 240 valence electrons. The molecule has 0 radical (unpaired) electrons. The van der Waals surface area contributed by atoms with Gasteiger partial charge in [-0.25, -0.2) is 9.97 Å². The van der Waals surface area contributed by atoms with Gasteiger partial charge in [0.1, 0.15) is 0 Å². The summed E-state index contributed by atoms with van der Waals surface area (Å²) >= 11 is 0. The van der Waals surface area contributed by atoms with E-state index < -0.39 is 0 Å². The Morgan fingerprint density at radius 1 is 0.346 bits per heavy atom. The van der Waals surface area contributed by atoms with Crippen LogP contribution in [-0.2, 0) is 0 Å². The zero-order chi connectivity index (χ0) is 34.6. The minimum atomic E-state index is 0.683. The maximum absolute atomic E-state index is 9.93. The Bertz CT molecular complexity index is 2800. The molecule has 10 rings (SSSR count). The van der Waals surface area contributed by atoms with Crippen LogP contribution in [0, 0.1) is 11.3 Å². The number of hydrogen-bond acceptors (Lipinski definition) is 3. The summed E-state index contributed by atoms with van der Waals surface area (Å²) < 4.78 is 0. The first kappa shape index (κ1) is 29.7. The van der Waals surface area contributed by atoms with Gasteiger partial charge in [-0.3, -0.25) is 0 Å². The van der Waals surface area contributed by atoms with Gasteiger partial charge in [0.2, 0.25) is 0 Å². The third-order valence-corrected chi connectivity index (χ3v) is 10.3. The number of aromatic nitrogens is 2. The Labute approximate surface area is 301 Å². The Morgan fingerprint density at radius 3 is 1.44 bits per heavy atom. The molecule has 52 heavy (non-hydrogen) atoms. The highest BCUT2D eigenvalue weighted by Gasteiger charge is 2.25. The van der Waals surface area contributed by atoms with Crippen LogP contribution in [0.1, 0.15) is 5.56 Å². The minimum Gasteiger partial charge on any atom is -0.228 e. The summed E-state index contributed by atoms with van der Waals surface area (Å²) in [5, 5.41) is 14.4. The van der Waals surface area contributed by atoms with Crippen molar-refractivity contribution in [2.75, 3.05) is 0 Å². The molecule has 0 amide bonds. The molecule has 0 saturated carbocycles. The van der Waals surface area contributed by atoms with Crippen molar-refractivity contribution in [3.8, 4) is 84.5 Å². The van der Waals surface area contributed by atoms with E-state index in [1.165, 1.54) is 33.0 Å². The maximum atomic E-state index is 9.93. The van der Waals surface area contributed by atoms with Crippen molar-refractivity contribution in [3.63, 3.8) is 0 Å². The number of hydrogen-bond donors (Lipinski definition) is 0. The molecule has 0 N–H and O–H groups in total. The first-order chi connectivity index (χ1) is 25.7. The molecule has 0 spiro atoms. The molecule has 0 saturated heterocycles. The molecule has 3 heteroatoms. The molecular formula is C49H29N3. The van der Waals surface area contributed by atoms with E-state index in [4.69, 9.17) is 9.97 Å². The van der Waals surface area contributed by atoms with Gasteiger partial charge in [0, 0.05) is 22.1 Å². The van der Waals surface area contributed by atoms with Gasteiger partial charge in [-0.15, -0.1) is 0 Å². The summed E-state index contributed by atoms with van der Waals surface area (Å²) in [6, 6.07) is 63.8. The topological polar surface area (TPSA) is 49.6 Å². The van der Waals surface area contributed by atoms with Crippen molar-refractivity contribution in [3.05, 3.63) is 181 Å². The van der Waals surface area contributed by atoms with Crippen LogP contribution in [0.4, 0.5) is 0 Å². The summed E-state index contributed by atoms with van der Waals surface area (Å²) in [6.07, 6.45) is 0. The second-order valence-corrected chi connectivity index (χ2v) is 13.2. The summed E-state index contributed by atoms with van der Waals surface area (Å²) in [4.78, 5) is 10.1. The molecule has 0 unspecified atom stereocenters. The van der Waals surface area contributed by atoms with E-state index in [1.807, 2.05) is 54.6 Å². The predicted octanol–water partition coefficient (Wildman–Crippen LogP) is 12.6. The van der Waals surface area contributed by atoms with Crippen LogP contribution < -0.4 is 0 Å². The second-order valence-electron chi connectivity index (χ2n) is 13.2. The molecule has 1 aliphatic rings. The monoisotopic (exact) mass is 659 g/mol. The molecule has 1 aliphatic carbocycles. The van der Waals surface area contributed by atoms with Gasteiger partial charge in [0.25, 0.3) is 0 Å². The van der Waals surface area contributed by atoms with Crippen LogP contribution in [0.25, 0.3) is 100.0 Å². The highest BCUT2D eigenvalue weighted by molar-refractivity contribution is 6.23. The quantitative estimate of drug-likeness (QED) is 0.185. The first-order valence-corrected chi connectivity index (χ1v) is 17.5. The molecule has 8 aromatic carbocycles. The van der Waals surface area contributed by atoms with Crippen LogP contribution in [0.5, 0.6) is 0 Å². The second kappa shape index (κ2) is 12.0. The zero-order valence-electron chi connectivity index (χ0n) is 28.1. The normalized spacial score (nSPS) is 11.4. The van der Waals surface area contributed by atoms with Gasteiger partial charge < -0.3 is 0 Å². The average Bonchev–Trinajstić information content (AvgIpc) is 3.55. The fourth-order valence-corrected chi connectivity index (χ4v) is 7.89. The van der Waals surface area contributed by atoms with Gasteiger partial charge >= 0.3 is 0 Å². The van der Waals surface area contributed by atoms with Gasteiger partial charge in [-0.2, -0.15) is 5.26 Å². The average molecular weight is 660 g/mol. The number of nitriles is 1. The Morgan fingerprint density at radius 2 is 0.827 bits per heavy atom. The maximum Gasteiger partial charge on any atom is 0.160 e. The molecule has 1 heterocycles. The lowest BCUT2D eigenvalue weighted by atomic mass is 9.86. The SMILES string of the molecule is N#Cc1cccc2c(-c3ccc4c5c(ccc(-c6ccc(-c7nc(-c8ccccc8)cc(-c8ccccc8)n7)cc6)c35)-c3ccccc3-4)cccc12. The van der Waals surface area contributed by atoms with E-state index in [2.05, 4.69) is 127 Å². The molecule has 0 fully saturated rings. The summed E-state index contributed by atoms with van der Waals surface area (Å²) in [5.41, 5.74) is 15.1. The van der Waals surface area contributed by atoms with Crippen LogP contribution >= 0.6 is 0 Å². The fraction of sp³-hybridized carbons (Fsp3) is 0. The minimum absolute atomic E-state index is 0.683. The smallest absolute Gasteiger partial charge is 0.160 e. The Kier molecular flexibility index (Phi) is 6.87. The zero-order valence-corrected chi connectivity index (χ0v) is 28.1. The van der Waals surface area contributed by atoms with Crippen molar-refractivity contribution >= 4 is 21.5 Å². The summed E-state index contributed by atoms with van der Waals surface area (Å²) in [7, 11) is 0. The summed E-state index contributed by atoms with van der Waals surface area (Å²) in [5.74, 6) is 0.687. The van der Waals surface area contributed by atoms with Gasteiger partial charge in [-0.1, -0.05) is 164 Å². The van der Waals surface area contributed by atoms with Crippen molar-refractivity contribution < 1.29 is 0 Å². The molecule has 9 aromatic rings. The molecular weight excluding hydrogens is 631 g/mol. The van der Waals surface area contributed by atoms with E-state index in [1.54, 1.807) is 0 Å². The largest absolute Gasteiger partial charge is 0.228 e. The number of benzene rings is 8. The number of nitrogens with zero attached hydrogens (tertiary/aromatic N) is 3. The number of rotatable bonds is 5. The van der Waals surface area contributed by atoms with Crippen molar-refractivity contribution in [1.29, 1.82) is 5.26 Å². The highest BCUT2D eigenvalue weighted by atomic mass is 14.9. The van der Waals surface area contributed by atoms with E-state index in [0.29, 0.717) is 11.4 Å². The lowest BCUT2D eigenvalue weighted by Crippen LogP contribution is -1.96. The molecule has 1 aromatic heterocycles. The van der Waals surface area contributed by atoms with Gasteiger partial charge in [0.05, 0.1) is 23.0 Å². The van der Waals surface area contributed by atoms with Gasteiger partial charge in [-0.05, 0) is 72.8 Å². The van der Waals surface area contributed by atoms with E-state index in [-0.39, 0.29) is 0 Å². The summed E-state index contributed by atoms with van der Waals surface area (Å²) in [6.45, 7) is 0. The van der Waals surface area contributed by atoms with Crippen LogP contribution in [0.15, 0.2) is 176 Å². The van der Waals surface area contributed by atoms with E-state index in [9.17, 15) is 5.26 Å². The standard InChI is InChI=1S/C49H29N3/c50-30-35-15-9-19-38-36(35)18-10-20-41(38)42-27-28-44-40-17-8-7-16-39(40)43-26-25-37(47(42)48(43)44)31-21-23-34(24-22-31)49-51-45(32-11-3-1-4-12-32)29-46(52-49)33-13-5-2-6-14-33/h1-29H. The molecule has 0 atom stereocenters. The number of fused-ring (bicyclic) bond motifs is 4. The van der Waals surface area contributed by atoms with Crippen molar-refractivity contribution in [2.45, 2.75) is 0 Å². The third-order valence-electron chi connectivity index (χ3n) is 10.3. The Balaban J connectivity index is 1.17. The highest BCUT2D eigenvalue weighted by Crippen LogP contribution is 2.52. The molecule has 0 aliphatic heterocycles. The lowest BCUT2D eigenvalue weighted by Gasteiger charge is -2.17. The van der Waals surface area contributed by atoms with Crippen LogP contribution in [0.2, 0.25) is 0 Å². The molecule has 0 bridgehead atoms. The van der Waals surface area contributed by atoms with Crippen molar-refractivity contribution in [2.24, 2.45) is 0 Å².